The Hall–Kier alpha value is -3.44. The van der Waals surface area contributed by atoms with Crippen LogP contribution in [0.5, 0.6) is 5.75 Å². The molecular formula is C22H20N2O7S2. The largest absolute Gasteiger partial charge is 0.479 e. The highest BCUT2D eigenvalue weighted by molar-refractivity contribution is 7.85. The molecule has 0 aromatic heterocycles. The lowest BCUT2D eigenvalue weighted by molar-refractivity contribution is -0.384. The molecule has 0 radical (unpaired) electrons. The van der Waals surface area contributed by atoms with Gasteiger partial charge in [0.05, 0.1) is 11.3 Å². The number of aliphatic carboxylic acids is 1. The molecule has 1 heterocycles. The van der Waals surface area contributed by atoms with Crippen LogP contribution in [-0.4, -0.2) is 52.7 Å². The van der Waals surface area contributed by atoms with Crippen LogP contribution in [0.4, 0.5) is 5.69 Å². The Morgan fingerprint density at radius 2 is 1.94 bits per heavy atom. The van der Waals surface area contributed by atoms with Gasteiger partial charge in [-0.3, -0.25) is 19.1 Å². The molecule has 9 nitrogen and oxygen atoms in total. The molecule has 0 spiro atoms. The van der Waals surface area contributed by atoms with Crippen molar-refractivity contribution in [3.63, 3.8) is 0 Å². The second kappa shape index (κ2) is 10.0. The van der Waals surface area contributed by atoms with Crippen molar-refractivity contribution in [2.75, 3.05) is 5.75 Å². The van der Waals surface area contributed by atoms with Gasteiger partial charge >= 0.3 is 5.97 Å². The summed E-state index contributed by atoms with van der Waals surface area (Å²) in [5.74, 6) is -1.67. The van der Waals surface area contributed by atoms with Gasteiger partial charge in [0.15, 0.2) is 0 Å². The molecule has 3 atom stereocenters. The number of nitro benzene ring substituents is 1. The van der Waals surface area contributed by atoms with Gasteiger partial charge in [0.2, 0.25) is 16.5 Å². The van der Waals surface area contributed by atoms with Crippen molar-refractivity contribution in [2.24, 2.45) is 0 Å². The van der Waals surface area contributed by atoms with Gasteiger partial charge in [-0.05, 0) is 29.9 Å². The number of ether oxygens (including phenoxy) is 1. The Bertz CT molecular complexity index is 1120. The number of likely N-dealkylation sites (tertiary alicyclic amines) is 1. The van der Waals surface area contributed by atoms with Crippen molar-refractivity contribution in [1.29, 1.82) is 0 Å². The molecule has 2 aromatic carbocycles. The van der Waals surface area contributed by atoms with Crippen LogP contribution in [0.15, 0.2) is 67.3 Å². The van der Waals surface area contributed by atoms with E-state index in [0.717, 1.165) is 4.90 Å². The number of nitro groups is 1. The van der Waals surface area contributed by atoms with Crippen molar-refractivity contribution in [3.05, 3.63) is 82.9 Å². The standard InChI is InChI=1S/C22H20N2O7S2/c1-2-12-33(30)19-13-18(25)23(19)22(20(26)27,21(32)31-17-6-4-3-5-7-17)14-15-8-10-16(11-9-15)24(28)29/h2-11,19H,1,12-14H2,(H,26,27). The minimum atomic E-state index is -2.17. The van der Waals surface area contributed by atoms with E-state index in [1.165, 1.54) is 30.3 Å². The maximum Gasteiger partial charge on any atom is 0.339 e. The Morgan fingerprint density at radius 1 is 1.30 bits per heavy atom. The van der Waals surface area contributed by atoms with Gasteiger partial charge in [-0.15, -0.1) is 6.58 Å². The summed E-state index contributed by atoms with van der Waals surface area (Å²) in [5.41, 5.74) is -1.97. The van der Waals surface area contributed by atoms with Gasteiger partial charge in [-0.1, -0.05) is 36.4 Å². The number of nitrogens with zero attached hydrogens (tertiary/aromatic N) is 2. The normalized spacial score (nSPS) is 17.9. The lowest BCUT2D eigenvalue weighted by atomic mass is 9.86. The molecule has 2 aromatic rings. The third kappa shape index (κ3) is 4.83. The summed E-state index contributed by atoms with van der Waals surface area (Å²) in [7, 11) is -1.60. The van der Waals surface area contributed by atoms with Crippen LogP contribution >= 0.6 is 12.2 Å². The van der Waals surface area contributed by atoms with Crippen LogP contribution in [0, 0.1) is 10.1 Å². The predicted molar refractivity (Wildman–Crippen MR) is 125 cm³/mol. The summed E-state index contributed by atoms with van der Waals surface area (Å²) in [6, 6.07) is 13.5. The average molecular weight is 489 g/mol. The number of β-lactam (4-membered cyclic amide) rings is 1. The molecular weight excluding hydrogens is 468 g/mol. The van der Waals surface area contributed by atoms with Gasteiger partial charge in [0.1, 0.15) is 11.1 Å². The number of para-hydroxylation sites is 1. The Morgan fingerprint density at radius 3 is 2.45 bits per heavy atom. The number of thiocarbonyl (C=S) groups is 1. The van der Waals surface area contributed by atoms with Crippen LogP contribution in [0.25, 0.3) is 0 Å². The Kier molecular flexibility index (Phi) is 7.34. The number of carboxylic acid groups (broad SMARTS) is 1. The van der Waals surface area contributed by atoms with E-state index in [1.807, 2.05) is 0 Å². The third-order valence-electron chi connectivity index (χ3n) is 5.16. The fourth-order valence-corrected chi connectivity index (χ4v) is 5.19. The maximum atomic E-state index is 12.7. The van der Waals surface area contributed by atoms with E-state index in [9.17, 15) is 29.0 Å². The fourth-order valence-electron chi connectivity index (χ4n) is 3.52. The van der Waals surface area contributed by atoms with E-state index in [1.54, 1.807) is 30.3 Å². The van der Waals surface area contributed by atoms with Crippen LogP contribution in [0.1, 0.15) is 12.0 Å². The number of non-ortho nitro benzene ring substituents is 1. The summed E-state index contributed by atoms with van der Waals surface area (Å²) in [5, 5.41) is 20.0. The molecule has 1 fully saturated rings. The molecule has 1 aliphatic heterocycles. The third-order valence-corrected chi connectivity index (χ3v) is 7.12. The number of carboxylic acids is 1. The van der Waals surface area contributed by atoms with E-state index in [0.29, 0.717) is 5.56 Å². The minimum Gasteiger partial charge on any atom is -0.479 e. The van der Waals surface area contributed by atoms with E-state index in [4.69, 9.17) is 17.0 Å². The predicted octanol–water partition coefficient (Wildman–Crippen LogP) is 2.86. The average Bonchev–Trinajstić information content (AvgIpc) is 2.77. The molecule has 3 rings (SSSR count). The number of hydrogen-bond acceptors (Lipinski definition) is 7. The zero-order valence-electron chi connectivity index (χ0n) is 17.3. The molecule has 0 saturated carbocycles. The summed E-state index contributed by atoms with van der Waals surface area (Å²) in [4.78, 5) is 36.8. The number of benzene rings is 2. The summed E-state index contributed by atoms with van der Waals surface area (Å²) in [6.45, 7) is 3.55. The molecule has 33 heavy (non-hydrogen) atoms. The summed E-state index contributed by atoms with van der Waals surface area (Å²) in [6.07, 6.45) is 0.984. The molecule has 3 unspecified atom stereocenters. The van der Waals surface area contributed by atoms with E-state index in [-0.39, 0.29) is 30.0 Å². The van der Waals surface area contributed by atoms with Crippen LogP contribution in [0.3, 0.4) is 0 Å². The number of rotatable bonds is 10. The highest BCUT2D eigenvalue weighted by Gasteiger charge is 2.60. The smallest absolute Gasteiger partial charge is 0.339 e. The van der Waals surface area contributed by atoms with E-state index in [2.05, 4.69) is 6.58 Å². The summed E-state index contributed by atoms with van der Waals surface area (Å²) < 4.78 is 18.4. The number of amides is 1. The second-order valence-corrected chi connectivity index (χ2v) is 9.24. The van der Waals surface area contributed by atoms with Crippen molar-refractivity contribution in [1.82, 2.24) is 4.90 Å². The second-order valence-electron chi connectivity index (χ2n) is 7.23. The SMILES string of the molecule is C=CCS(=O)C1CC(=O)N1C(Cc1ccc([N+](=O)[O-])cc1)(C(=O)O)C(=S)Oc1ccccc1. The van der Waals surface area contributed by atoms with Crippen LogP contribution in [0.2, 0.25) is 0 Å². The molecule has 172 valence electrons. The highest BCUT2D eigenvalue weighted by Crippen LogP contribution is 2.37. The molecule has 1 amide bonds. The van der Waals surface area contributed by atoms with Gasteiger partial charge in [-0.2, -0.15) is 0 Å². The van der Waals surface area contributed by atoms with E-state index < -0.39 is 43.6 Å². The zero-order valence-corrected chi connectivity index (χ0v) is 18.9. The lowest BCUT2D eigenvalue weighted by Gasteiger charge is -2.49. The van der Waals surface area contributed by atoms with Gasteiger partial charge in [0.25, 0.3) is 5.69 Å². The van der Waals surface area contributed by atoms with Crippen molar-refractivity contribution in [3.8, 4) is 5.75 Å². The first kappa shape index (κ1) is 24.2. The lowest BCUT2D eigenvalue weighted by Crippen LogP contribution is -2.73. The van der Waals surface area contributed by atoms with Crippen LogP contribution < -0.4 is 4.74 Å². The first-order valence-electron chi connectivity index (χ1n) is 9.75. The number of carbonyl (C=O) groups is 2. The minimum absolute atomic E-state index is 0.0635. The maximum absolute atomic E-state index is 12.7. The molecule has 0 aliphatic carbocycles. The van der Waals surface area contributed by atoms with Crippen molar-refractivity contribution >= 4 is 45.6 Å². The Labute approximate surface area is 197 Å². The monoisotopic (exact) mass is 488 g/mol. The summed E-state index contributed by atoms with van der Waals surface area (Å²) >= 11 is 5.42. The van der Waals surface area contributed by atoms with Gasteiger partial charge in [0, 0.05) is 35.1 Å². The first-order chi connectivity index (χ1) is 15.7. The topological polar surface area (TPSA) is 127 Å². The van der Waals surface area contributed by atoms with Crippen molar-refractivity contribution < 1.29 is 28.6 Å². The number of hydrogen-bond donors (Lipinski definition) is 1. The molecule has 11 heteroatoms. The molecule has 1 aliphatic rings. The van der Waals surface area contributed by atoms with Crippen LogP contribution in [-0.2, 0) is 26.8 Å². The molecule has 0 bridgehead atoms. The first-order valence-corrected chi connectivity index (χ1v) is 11.5. The molecule has 1 saturated heterocycles. The van der Waals surface area contributed by atoms with Gasteiger partial charge in [-0.25, -0.2) is 4.79 Å². The molecule has 1 N–H and O–H groups in total. The van der Waals surface area contributed by atoms with E-state index >= 15 is 0 Å². The van der Waals surface area contributed by atoms with Crippen molar-refractivity contribution in [2.45, 2.75) is 23.8 Å². The highest BCUT2D eigenvalue weighted by atomic mass is 32.2. The van der Waals surface area contributed by atoms with Gasteiger partial charge < -0.3 is 14.7 Å². The zero-order chi connectivity index (χ0) is 24.2. The Balaban J connectivity index is 2.07. The number of carbonyl (C=O) groups excluding carboxylic acids is 1. The fraction of sp³-hybridized carbons (Fsp3) is 0.227. The quantitative estimate of drug-likeness (QED) is 0.178.